The summed E-state index contributed by atoms with van der Waals surface area (Å²) < 4.78 is 36.7. The number of hydrogen-bond acceptors (Lipinski definition) is 8. The van der Waals surface area contributed by atoms with Crippen LogP contribution in [0.3, 0.4) is 0 Å². The first-order chi connectivity index (χ1) is 18.1. The smallest absolute Gasteiger partial charge is 0.301 e. The van der Waals surface area contributed by atoms with Crippen molar-refractivity contribution < 1.29 is 13.5 Å². The van der Waals surface area contributed by atoms with E-state index in [9.17, 15) is 13.6 Å². The van der Waals surface area contributed by atoms with E-state index < -0.39 is 24.1 Å². The first kappa shape index (κ1) is 25.1. The van der Waals surface area contributed by atoms with Crippen molar-refractivity contribution in [1.82, 2.24) is 19.9 Å². The van der Waals surface area contributed by atoms with Crippen molar-refractivity contribution in [1.29, 1.82) is 0 Å². The lowest BCUT2D eigenvalue weighted by Gasteiger charge is -2.37. The molecule has 3 aromatic rings. The molecule has 9 nitrogen and oxygen atoms in total. The summed E-state index contributed by atoms with van der Waals surface area (Å²) in [5.74, 6) is -2.36. The van der Waals surface area contributed by atoms with Crippen LogP contribution >= 0.6 is 11.6 Å². The largest absolute Gasteiger partial charge is 0.480 e. The third-order valence-corrected chi connectivity index (χ3v) is 7.90. The van der Waals surface area contributed by atoms with Crippen LogP contribution in [0.15, 0.2) is 29.2 Å². The van der Waals surface area contributed by atoms with E-state index in [1.807, 2.05) is 0 Å². The van der Waals surface area contributed by atoms with Gasteiger partial charge in [0.25, 0.3) is 5.56 Å². The van der Waals surface area contributed by atoms with Crippen molar-refractivity contribution in [2.45, 2.75) is 50.7 Å². The van der Waals surface area contributed by atoms with Gasteiger partial charge in [0.05, 0.1) is 23.4 Å². The van der Waals surface area contributed by atoms with Crippen molar-refractivity contribution in [3.63, 3.8) is 0 Å². The Bertz CT molecular complexity index is 1460. The van der Waals surface area contributed by atoms with Gasteiger partial charge in [0, 0.05) is 43.3 Å². The molecule has 4 heterocycles. The van der Waals surface area contributed by atoms with E-state index >= 15 is 0 Å². The van der Waals surface area contributed by atoms with Crippen molar-refractivity contribution in [3.05, 3.63) is 39.8 Å². The maximum absolute atomic E-state index is 14.9. The number of halogens is 3. The van der Waals surface area contributed by atoms with Crippen LogP contribution in [0.4, 0.5) is 31.9 Å². The van der Waals surface area contributed by atoms with Crippen LogP contribution in [-0.2, 0) is 7.05 Å². The predicted octanol–water partition coefficient (Wildman–Crippen LogP) is 4.13. The van der Waals surface area contributed by atoms with Gasteiger partial charge < -0.3 is 30.2 Å². The lowest BCUT2D eigenvalue weighted by molar-refractivity contribution is -0.0579. The summed E-state index contributed by atoms with van der Waals surface area (Å²) >= 11 is 6.46. The number of rotatable bonds is 4. The number of nitrogens with zero attached hydrogens (tertiary/aromatic N) is 4. The molecular formula is C26H30ClF2N7O2. The molecule has 1 aromatic carbocycles. The zero-order chi connectivity index (χ0) is 26.8. The van der Waals surface area contributed by atoms with Crippen LogP contribution in [0.2, 0.25) is 5.02 Å². The number of aromatic nitrogens is 3. The fraction of sp³-hybridized carbons (Fsp3) is 0.500. The number of nitrogens with one attached hydrogen (secondary N) is 3. The van der Waals surface area contributed by atoms with Crippen molar-refractivity contribution in [3.8, 4) is 5.75 Å². The topological polar surface area (TPSA) is 96.3 Å². The highest BCUT2D eigenvalue weighted by molar-refractivity contribution is 6.33. The Hall–Kier alpha value is -3.18. The van der Waals surface area contributed by atoms with Gasteiger partial charge in [-0.05, 0) is 50.8 Å². The Kier molecular flexibility index (Phi) is 6.10. The van der Waals surface area contributed by atoms with Crippen molar-refractivity contribution in [2.75, 3.05) is 35.2 Å². The molecule has 0 bridgehead atoms. The van der Waals surface area contributed by atoms with E-state index in [-0.39, 0.29) is 17.7 Å². The average Bonchev–Trinajstić information content (AvgIpc) is 3.73. The van der Waals surface area contributed by atoms with Gasteiger partial charge in [-0.3, -0.25) is 4.79 Å². The van der Waals surface area contributed by atoms with Crippen LogP contribution in [0.1, 0.15) is 26.7 Å². The number of fused-ring (bicyclic) bond motifs is 3. The number of alkyl halides is 2. The number of anilines is 4. The number of hydrogen-bond donors (Lipinski definition) is 3. The SMILES string of the molecule is C[C@@H]1CN[C@@H](C)CN1c1ncc(Cl)c(Nc2ccc3c(c2)c2c(c(=O)n3C)OCC(F)(F)C(C3CC3)N2)n1. The third kappa shape index (κ3) is 4.41. The van der Waals surface area contributed by atoms with Gasteiger partial charge in [0.15, 0.2) is 12.4 Å². The molecule has 3 aliphatic rings. The second-order valence-electron chi connectivity index (χ2n) is 10.6. The molecule has 3 N–H and O–H groups in total. The number of aryl methyl sites for hydroxylation is 1. The highest BCUT2D eigenvalue weighted by Crippen LogP contribution is 2.45. The average molecular weight is 546 g/mol. The summed E-state index contributed by atoms with van der Waals surface area (Å²) in [6.45, 7) is 4.96. The van der Waals surface area contributed by atoms with Gasteiger partial charge in [0.1, 0.15) is 5.02 Å². The van der Waals surface area contributed by atoms with E-state index in [1.54, 1.807) is 31.4 Å². The van der Waals surface area contributed by atoms with E-state index in [0.717, 1.165) is 25.9 Å². The Balaban J connectivity index is 1.39. The van der Waals surface area contributed by atoms with Gasteiger partial charge >= 0.3 is 5.92 Å². The van der Waals surface area contributed by atoms with E-state index in [4.69, 9.17) is 21.3 Å². The number of benzene rings is 1. The lowest BCUT2D eigenvalue weighted by Crippen LogP contribution is -2.55. The summed E-state index contributed by atoms with van der Waals surface area (Å²) in [7, 11) is 1.60. The molecule has 2 aliphatic heterocycles. The summed E-state index contributed by atoms with van der Waals surface area (Å²) in [5.41, 5.74) is 1.05. The molecule has 1 aliphatic carbocycles. The molecule has 38 heavy (non-hydrogen) atoms. The highest BCUT2D eigenvalue weighted by atomic mass is 35.5. The van der Waals surface area contributed by atoms with Crippen LogP contribution in [-0.4, -0.2) is 58.3 Å². The molecular weight excluding hydrogens is 516 g/mol. The zero-order valence-electron chi connectivity index (χ0n) is 21.4. The van der Waals surface area contributed by atoms with E-state index in [1.165, 1.54) is 4.57 Å². The molecule has 3 atom stereocenters. The summed E-state index contributed by atoms with van der Waals surface area (Å²) in [6, 6.07) is 4.77. The summed E-state index contributed by atoms with van der Waals surface area (Å²) in [4.78, 5) is 24.3. The summed E-state index contributed by atoms with van der Waals surface area (Å²) in [5, 5.41) is 10.6. The van der Waals surface area contributed by atoms with Crippen molar-refractivity contribution >= 4 is 45.6 Å². The van der Waals surface area contributed by atoms with E-state index in [0.29, 0.717) is 45.1 Å². The van der Waals surface area contributed by atoms with Gasteiger partial charge in [-0.15, -0.1) is 0 Å². The number of piperazine rings is 1. The van der Waals surface area contributed by atoms with Crippen LogP contribution in [0.5, 0.6) is 5.75 Å². The van der Waals surface area contributed by atoms with Crippen LogP contribution in [0.25, 0.3) is 10.9 Å². The molecule has 1 saturated carbocycles. The van der Waals surface area contributed by atoms with Gasteiger partial charge in [-0.2, -0.15) is 4.98 Å². The van der Waals surface area contributed by atoms with Gasteiger partial charge in [-0.1, -0.05) is 11.6 Å². The third-order valence-electron chi connectivity index (χ3n) is 7.63. The molecule has 0 spiro atoms. The molecule has 0 amide bonds. The van der Waals surface area contributed by atoms with Crippen LogP contribution in [0, 0.1) is 5.92 Å². The lowest BCUT2D eigenvalue weighted by atomic mass is 10.0. The number of pyridine rings is 1. The minimum absolute atomic E-state index is 0.0934. The molecule has 2 fully saturated rings. The summed E-state index contributed by atoms with van der Waals surface area (Å²) in [6.07, 6.45) is 3.01. The maximum atomic E-state index is 14.9. The first-order valence-electron chi connectivity index (χ1n) is 12.9. The minimum Gasteiger partial charge on any atom is -0.480 e. The molecule has 1 saturated heterocycles. The molecule has 12 heteroatoms. The predicted molar refractivity (Wildman–Crippen MR) is 144 cm³/mol. The Morgan fingerprint density at radius 1 is 1.26 bits per heavy atom. The second-order valence-corrected chi connectivity index (χ2v) is 11.0. The quantitative estimate of drug-likeness (QED) is 0.450. The zero-order valence-corrected chi connectivity index (χ0v) is 22.1. The molecule has 1 unspecified atom stereocenters. The minimum atomic E-state index is -3.10. The second kappa shape index (κ2) is 9.23. The fourth-order valence-electron chi connectivity index (χ4n) is 5.31. The van der Waals surface area contributed by atoms with Crippen LogP contribution < -0.4 is 31.1 Å². The number of ether oxygens (including phenoxy) is 1. The van der Waals surface area contributed by atoms with Crippen molar-refractivity contribution in [2.24, 2.45) is 13.0 Å². The monoisotopic (exact) mass is 545 g/mol. The Morgan fingerprint density at radius 2 is 2.05 bits per heavy atom. The molecule has 202 valence electrons. The molecule has 0 radical (unpaired) electrons. The van der Waals surface area contributed by atoms with E-state index in [2.05, 4.69) is 39.7 Å². The fourth-order valence-corrected chi connectivity index (χ4v) is 5.45. The highest BCUT2D eigenvalue weighted by Gasteiger charge is 2.51. The van der Waals surface area contributed by atoms with Gasteiger partial charge in [0.2, 0.25) is 11.7 Å². The molecule has 2 aromatic heterocycles. The van der Waals surface area contributed by atoms with Gasteiger partial charge in [-0.25, -0.2) is 13.8 Å². The Morgan fingerprint density at radius 3 is 2.82 bits per heavy atom. The first-order valence-corrected chi connectivity index (χ1v) is 13.2. The normalized spacial score (nSPS) is 24.8. The maximum Gasteiger partial charge on any atom is 0.301 e. The standard InChI is InChI=1S/C26H30ClF2N7O2/c1-13-11-36(14(2)9-30-13)25-31-10-18(27)23(34-25)32-16-6-7-19-17(8-16)20-21(24(37)35(19)3)38-12-26(28,29)22(33-20)15-4-5-15/h6-8,10,13-15,22,30,33H,4-5,9,11-12H2,1-3H3,(H,31,32,34)/t13-,14+,22?/m0/s1. The Labute approximate surface area is 223 Å². The molecule has 6 rings (SSSR count).